The zero-order chi connectivity index (χ0) is 17.1. The number of hydrogen-bond donors (Lipinski definition) is 0. The summed E-state index contributed by atoms with van der Waals surface area (Å²) in [7, 11) is 0. The Hall–Kier alpha value is -1.40. The van der Waals surface area contributed by atoms with Crippen molar-refractivity contribution < 1.29 is 9.59 Å². The Labute approximate surface area is 148 Å². The molecule has 1 saturated heterocycles. The quantitative estimate of drug-likeness (QED) is 0.840. The van der Waals surface area contributed by atoms with Crippen LogP contribution in [0.3, 0.4) is 0 Å². The van der Waals surface area contributed by atoms with E-state index in [2.05, 4.69) is 28.2 Å². The Morgan fingerprint density at radius 1 is 1.21 bits per heavy atom. The van der Waals surface area contributed by atoms with Gasteiger partial charge in [-0.1, -0.05) is 6.92 Å². The molecule has 1 fully saturated rings. The van der Waals surface area contributed by atoms with Gasteiger partial charge in [-0.15, -0.1) is 11.3 Å². The molecule has 2 aliphatic rings. The van der Waals surface area contributed by atoms with Gasteiger partial charge in [-0.3, -0.25) is 14.5 Å². The number of fused-ring (bicyclic) bond motifs is 1. The second-order valence-electron chi connectivity index (χ2n) is 6.70. The third-order valence-electron chi connectivity index (χ3n) is 5.19. The normalized spacial score (nSPS) is 22.2. The van der Waals surface area contributed by atoms with Gasteiger partial charge in [-0.25, -0.2) is 0 Å². The fourth-order valence-electron chi connectivity index (χ4n) is 3.86. The summed E-state index contributed by atoms with van der Waals surface area (Å²) in [6.07, 6.45) is 2.89. The predicted molar refractivity (Wildman–Crippen MR) is 96.1 cm³/mol. The summed E-state index contributed by atoms with van der Waals surface area (Å²) in [5, 5.41) is 2.15. The van der Waals surface area contributed by atoms with E-state index in [0.29, 0.717) is 6.54 Å². The maximum atomic E-state index is 12.9. The molecular weight excluding hydrogens is 322 g/mol. The smallest absolute Gasteiger partial charge is 0.237 e. The van der Waals surface area contributed by atoms with Crippen molar-refractivity contribution in [2.45, 2.75) is 39.2 Å². The molecule has 2 amide bonds. The molecule has 0 bridgehead atoms. The molecule has 3 rings (SSSR count). The lowest BCUT2D eigenvalue weighted by Crippen LogP contribution is -2.45. The Morgan fingerprint density at radius 2 is 2.04 bits per heavy atom. The number of hydrogen-bond acceptors (Lipinski definition) is 4. The molecule has 1 atom stereocenters. The van der Waals surface area contributed by atoms with E-state index in [1.807, 2.05) is 16.2 Å². The van der Waals surface area contributed by atoms with Crippen LogP contribution in [0.15, 0.2) is 11.4 Å². The van der Waals surface area contributed by atoms with Crippen LogP contribution in [0.5, 0.6) is 0 Å². The van der Waals surface area contributed by atoms with E-state index in [4.69, 9.17) is 0 Å². The van der Waals surface area contributed by atoms with Gasteiger partial charge in [0.05, 0.1) is 12.6 Å². The van der Waals surface area contributed by atoms with Crippen molar-refractivity contribution in [3.63, 3.8) is 0 Å². The summed E-state index contributed by atoms with van der Waals surface area (Å²) in [5.41, 5.74) is 1.35. The molecule has 5 nitrogen and oxygen atoms in total. The minimum Gasteiger partial charge on any atom is -0.342 e. The largest absolute Gasteiger partial charge is 0.342 e. The van der Waals surface area contributed by atoms with Gasteiger partial charge in [0.15, 0.2) is 0 Å². The summed E-state index contributed by atoms with van der Waals surface area (Å²) < 4.78 is 0. The number of amides is 2. The average molecular weight is 350 g/mol. The SMILES string of the molecule is CCC1c2ccsc2CCN1C(=O)CN1CCCN(C(C)=O)CC1. The zero-order valence-electron chi connectivity index (χ0n) is 14.7. The van der Waals surface area contributed by atoms with Crippen LogP contribution in [-0.4, -0.2) is 65.8 Å². The Morgan fingerprint density at radius 3 is 2.79 bits per heavy atom. The van der Waals surface area contributed by atoms with E-state index < -0.39 is 0 Å². The Balaban J connectivity index is 1.62. The monoisotopic (exact) mass is 349 g/mol. The first-order valence-corrected chi connectivity index (χ1v) is 9.81. The minimum absolute atomic E-state index is 0.134. The van der Waals surface area contributed by atoms with Gasteiger partial charge in [-0.05, 0) is 36.3 Å². The predicted octanol–water partition coefficient (Wildman–Crippen LogP) is 2.14. The molecule has 24 heavy (non-hydrogen) atoms. The van der Waals surface area contributed by atoms with Gasteiger partial charge >= 0.3 is 0 Å². The van der Waals surface area contributed by atoms with Gasteiger partial charge in [-0.2, -0.15) is 0 Å². The van der Waals surface area contributed by atoms with Crippen LogP contribution in [0.1, 0.15) is 43.2 Å². The molecule has 6 heteroatoms. The highest BCUT2D eigenvalue weighted by Crippen LogP contribution is 2.35. The minimum atomic E-state index is 0.134. The van der Waals surface area contributed by atoms with Crippen LogP contribution in [0.2, 0.25) is 0 Å². The molecule has 0 saturated carbocycles. The summed E-state index contributed by atoms with van der Waals surface area (Å²) in [6, 6.07) is 2.41. The highest BCUT2D eigenvalue weighted by atomic mass is 32.1. The molecule has 1 aromatic rings. The van der Waals surface area contributed by atoms with E-state index in [1.54, 1.807) is 6.92 Å². The highest BCUT2D eigenvalue weighted by Gasteiger charge is 2.31. The van der Waals surface area contributed by atoms with Crippen molar-refractivity contribution in [3.8, 4) is 0 Å². The lowest BCUT2D eigenvalue weighted by Gasteiger charge is -2.36. The van der Waals surface area contributed by atoms with Gasteiger partial charge < -0.3 is 9.80 Å². The fourth-order valence-corrected chi connectivity index (χ4v) is 4.79. The first-order valence-electron chi connectivity index (χ1n) is 8.93. The molecule has 3 heterocycles. The molecular formula is C18H27N3O2S. The summed E-state index contributed by atoms with van der Waals surface area (Å²) in [5.74, 6) is 0.366. The van der Waals surface area contributed by atoms with Crippen molar-refractivity contribution >= 4 is 23.2 Å². The van der Waals surface area contributed by atoms with Crippen LogP contribution in [-0.2, 0) is 16.0 Å². The Bertz CT molecular complexity index is 601. The summed E-state index contributed by atoms with van der Waals surface area (Å²) in [6.45, 7) is 8.31. The lowest BCUT2D eigenvalue weighted by atomic mass is 9.97. The second kappa shape index (κ2) is 7.66. The maximum absolute atomic E-state index is 12.9. The number of nitrogens with zero attached hydrogens (tertiary/aromatic N) is 3. The molecule has 132 valence electrons. The van der Waals surface area contributed by atoms with Gasteiger partial charge in [0, 0.05) is 44.5 Å². The van der Waals surface area contributed by atoms with E-state index in [9.17, 15) is 9.59 Å². The van der Waals surface area contributed by atoms with Crippen molar-refractivity contribution in [2.75, 3.05) is 39.3 Å². The number of thiophene rings is 1. The molecule has 0 aromatic carbocycles. The van der Waals surface area contributed by atoms with Crippen molar-refractivity contribution in [1.29, 1.82) is 0 Å². The van der Waals surface area contributed by atoms with Crippen molar-refractivity contribution in [1.82, 2.24) is 14.7 Å². The molecule has 0 N–H and O–H groups in total. The lowest BCUT2D eigenvalue weighted by molar-refractivity contribution is -0.135. The van der Waals surface area contributed by atoms with Crippen molar-refractivity contribution in [2.24, 2.45) is 0 Å². The molecule has 1 unspecified atom stereocenters. The van der Waals surface area contributed by atoms with Crippen LogP contribution in [0, 0.1) is 0 Å². The molecule has 2 aliphatic heterocycles. The standard InChI is InChI=1S/C18H27N3O2S/c1-3-16-15-6-12-24-17(15)5-9-21(16)18(23)13-19-7-4-8-20(11-10-19)14(2)22/h6,12,16H,3-5,7-11,13H2,1-2H3. The first kappa shape index (κ1) is 17.4. The Kier molecular flexibility index (Phi) is 5.56. The average Bonchev–Trinajstić information content (AvgIpc) is 2.92. The summed E-state index contributed by atoms with van der Waals surface area (Å²) >= 11 is 1.81. The van der Waals surface area contributed by atoms with Crippen LogP contribution < -0.4 is 0 Å². The van der Waals surface area contributed by atoms with Crippen molar-refractivity contribution in [3.05, 3.63) is 21.9 Å². The van der Waals surface area contributed by atoms with Gasteiger partial charge in [0.2, 0.25) is 11.8 Å². The second-order valence-corrected chi connectivity index (χ2v) is 7.70. The van der Waals surface area contributed by atoms with E-state index in [0.717, 1.165) is 52.0 Å². The summed E-state index contributed by atoms with van der Waals surface area (Å²) in [4.78, 5) is 32.0. The topological polar surface area (TPSA) is 43.9 Å². The van der Waals surface area contributed by atoms with Crippen LogP contribution >= 0.6 is 11.3 Å². The molecule has 0 spiro atoms. The number of carbonyl (C=O) groups excluding carboxylic acids is 2. The third kappa shape index (κ3) is 3.64. The van der Waals surface area contributed by atoms with Crippen LogP contribution in [0.4, 0.5) is 0 Å². The fraction of sp³-hybridized carbons (Fsp3) is 0.667. The van der Waals surface area contributed by atoms with E-state index in [-0.39, 0.29) is 17.9 Å². The van der Waals surface area contributed by atoms with E-state index in [1.165, 1.54) is 10.4 Å². The number of rotatable bonds is 3. The highest BCUT2D eigenvalue weighted by molar-refractivity contribution is 7.10. The third-order valence-corrected chi connectivity index (χ3v) is 6.19. The van der Waals surface area contributed by atoms with Crippen LogP contribution in [0.25, 0.3) is 0 Å². The number of carbonyl (C=O) groups is 2. The van der Waals surface area contributed by atoms with Gasteiger partial charge in [0.1, 0.15) is 0 Å². The maximum Gasteiger partial charge on any atom is 0.237 e. The zero-order valence-corrected chi connectivity index (χ0v) is 15.5. The molecule has 0 aliphatic carbocycles. The van der Waals surface area contributed by atoms with E-state index >= 15 is 0 Å². The first-order chi connectivity index (χ1) is 11.6. The molecule has 1 aromatic heterocycles. The van der Waals surface area contributed by atoms with Gasteiger partial charge in [0.25, 0.3) is 0 Å². The molecule has 0 radical (unpaired) electrons.